The minimum atomic E-state index is 0.534. The van der Waals surface area contributed by atoms with Crippen molar-refractivity contribution in [1.82, 2.24) is 0 Å². The van der Waals surface area contributed by atoms with Crippen LogP contribution >= 0.6 is 0 Å². The fourth-order valence-corrected chi connectivity index (χ4v) is 1.65. The van der Waals surface area contributed by atoms with Crippen molar-refractivity contribution >= 4 is 0 Å². The maximum absolute atomic E-state index is 5.71. The predicted octanol–water partition coefficient (Wildman–Crippen LogP) is 3.65. The van der Waals surface area contributed by atoms with Crippen molar-refractivity contribution in [1.29, 1.82) is 0 Å². The van der Waals surface area contributed by atoms with Gasteiger partial charge in [-0.15, -0.1) is 0 Å². The molecule has 0 bridgehead atoms. The summed E-state index contributed by atoms with van der Waals surface area (Å²) >= 11 is 0. The van der Waals surface area contributed by atoms with Gasteiger partial charge < -0.3 is 9.47 Å². The Morgan fingerprint density at radius 3 is 3.07 bits per heavy atom. The van der Waals surface area contributed by atoms with E-state index < -0.39 is 0 Å². The third-order valence-electron chi connectivity index (χ3n) is 2.65. The van der Waals surface area contributed by atoms with E-state index in [4.69, 9.17) is 9.47 Å². The predicted molar refractivity (Wildman–Crippen MR) is 62.4 cm³/mol. The molecule has 0 aromatic heterocycles. The van der Waals surface area contributed by atoms with Gasteiger partial charge in [-0.05, 0) is 37.7 Å². The Balaban J connectivity index is 2.04. The van der Waals surface area contributed by atoms with Crippen LogP contribution < -0.4 is 0 Å². The molecule has 0 saturated heterocycles. The van der Waals surface area contributed by atoms with Crippen molar-refractivity contribution in [2.75, 3.05) is 13.2 Å². The Morgan fingerprint density at radius 1 is 1.53 bits per heavy atom. The molecule has 0 amide bonds. The minimum absolute atomic E-state index is 0.534. The van der Waals surface area contributed by atoms with Crippen LogP contribution in [0.1, 0.15) is 39.0 Å². The standard InChI is InChI=1S/C13H22O2/c1-3-14-11-12(2)9-10-15-13-7-5-4-6-8-13/h3,7,12H,1,4-6,8-11H2,2H3. The van der Waals surface area contributed by atoms with Crippen LogP contribution in [0.15, 0.2) is 24.7 Å². The van der Waals surface area contributed by atoms with E-state index >= 15 is 0 Å². The molecule has 1 unspecified atom stereocenters. The maximum atomic E-state index is 5.71. The van der Waals surface area contributed by atoms with Crippen molar-refractivity contribution in [2.24, 2.45) is 5.92 Å². The average Bonchev–Trinajstić information content (AvgIpc) is 2.28. The van der Waals surface area contributed by atoms with E-state index in [2.05, 4.69) is 19.6 Å². The fourth-order valence-electron chi connectivity index (χ4n) is 1.65. The Hall–Kier alpha value is -0.920. The average molecular weight is 210 g/mol. The zero-order valence-electron chi connectivity index (χ0n) is 9.71. The minimum Gasteiger partial charge on any atom is -0.502 e. The second-order valence-corrected chi connectivity index (χ2v) is 4.16. The summed E-state index contributed by atoms with van der Waals surface area (Å²) in [4.78, 5) is 0. The van der Waals surface area contributed by atoms with Gasteiger partial charge in [0.05, 0.1) is 25.2 Å². The first-order valence-corrected chi connectivity index (χ1v) is 5.87. The molecule has 0 fully saturated rings. The van der Waals surface area contributed by atoms with Crippen LogP contribution in [-0.2, 0) is 9.47 Å². The van der Waals surface area contributed by atoms with Gasteiger partial charge in [-0.3, -0.25) is 0 Å². The lowest BCUT2D eigenvalue weighted by molar-refractivity contribution is 0.145. The Morgan fingerprint density at radius 2 is 2.40 bits per heavy atom. The SMILES string of the molecule is C=COCC(C)CCOC1=CCCCC1. The van der Waals surface area contributed by atoms with Crippen molar-refractivity contribution in [3.05, 3.63) is 24.7 Å². The van der Waals surface area contributed by atoms with E-state index in [0.717, 1.165) is 26.1 Å². The lowest BCUT2D eigenvalue weighted by Crippen LogP contribution is -2.08. The lowest BCUT2D eigenvalue weighted by Gasteiger charge is -2.16. The molecular formula is C13H22O2. The summed E-state index contributed by atoms with van der Waals surface area (Å²) < 4.78 is 10.8. The van der Waals surface area contributed by atoms with Gasteiger partial charge >= 0.3 is 0 Å². The molecule has 0 aliphatic heterocycles. The summed E-state index contributed by atoms with van der Waals surface area (Å²) in [6, 6.07) is 0. The molecule has 0 saturated carbocycles. The van der Waals surface area contributed by atoms with Gasteiger partial charge in [-0.2, -0.15) is 0 Å². The van der Waals surface area contributed by atoms with Crippen LogP contribution in [0.25, 0.3) is 0 Å². The van der Waals surface area contributed by atoms with E-state index in [9.17, 15) is 0 Å². The molecule has 0 aromatic carbocycles. The summed E-state index contributed by atoms with van der Waals surface area (Å²) in [6.07, 6.45) is 9.68. The Labute approximate surface area is 93.0 Å². The van der Waals surface area contributed by atoms with E-state index in [1.54, 1.807) is 0 Å². The quantitative estimate of drug-likeness (QED) is 0.597. The lowest BCUT2D eigenvalue weighted by atomic mass is 10.1. The van der Waals surface area contributed by atoms with Gasteiger partial charge in [0.1, 0.15) is 0 Å². The van der Waals surface area contributed by atoms with Gasteiger partial charge in [0, 0.05) is 6.42 Å². The van der Waals surface area contributed by atoms with E-state index in [1.807, 2.05) is 0 Å². The molecule has 2 nitrogen and oxygen atoms in total. The summed E-state index contributed by atoms with van der Waals surface area (Å²) in [5.41, 5.74) is 0. The van der Waals surface area contributed by atoms with Crippen molar-refractivity contribution in [3.63, 3.8) is 0 Å². The Bertz CT molecular complexity index is 209. The molecule has 15 heavy (non-hydrogen) atoms. The third kappa shape index (κ3) is 5.50. The summed E-state index contributed by atoms with van der Waals surface area (Å²) in [5, 5.41) is 0. The first kappa shape index (κ1) is 12.2. The van der Waals surface area contributed by atoms with Crippen molar-refractivity contribution < 1.29 is 9.47 Å². The number of allylic oxidation sites excluding steroid dienone is 2. The van der Waals surface area contributed by atoms with E-state index in [0.29, 0.717) is 5.92 Å². The van der Waals surface area contributed by atoms with Crippen LogP contribution in [0, 0.1) is 5.92 Å². The molecule has 0 N–H and O–H groups in total. The second-order valence-electron chi connectivity index (χ2n) is 4.16. The molecular weight excluding hydrogens is 188 g/mol. The van der Waals surface area contributed by atoms with Crippen LogP contribution in [0.5, 0.6) is 0 Å². The normalized spacial score (nSPS) is 17.8. The van der Waals surface area contributed by atoms with Gasteiger partial charge in [-0.25, -0.2) is 0 Å². The van der Waals surface area contributed by atoms with Crippen LogP contribution in [0.4, 0.5) is 0 Å². The number of hydrogen-bond acceptors (Lipinski definition) is 2. The number of rotatable bonds is 7. The summed E-state index contributed by atoms with van der Waals surface area (Å²) in [7, 11) is 0. The first-order chi connectivity index (χ1) is 7.33. The molecule has 1 atom stereocenters. The van der Waals surface area contributed by atoms with Gasteiger partial charge in [0.15, 0.2) is 0 Å². The largest absolute Gasteiger partial charge is 0.502 e. The highest BCUT2D eigenvalue weighted by Crippen LogP contribution is 2.18. The molecule has 0 heterocycles. The molecule has 1 aliphatic carbocycles. The monoisotopic (exact) mass is 210 g/mol. The Kier molecular flexibility index (Phi) is 5.98. The van der Waals surface area contributed by atoms with Crippen molar-refractivity contribution in [3.8, 4) is 0 Å². The number of ether oxygens (including phenoxy) is 2. The zero-order valence-corrected chi connectivity index (χ0v) is 9.71. The van der Waals surface area contributed by atoms with E-state index in [-0.39, 0.29) is 0 Å². The molecule has 2 heteroatoms. The van der Waals surface area contributed by atoms with Gasteiger partial charge in [0.2, 0.25) is 0 Å². The molecule has 0 spiro atoms. The highest BCUT2D eigenvalue weighted by molar-refractivity contribution is 4.96. The van der Waals surface area contributed by atoms with Crippen LogP contribution in [-0.4, -0.2) is 13.2 Å². The van der Waals surface area contributed by atoms with Gasteiger partial charge in [-0.1, -0.05) is 13.5 Å². The number of hydrogen-bond donors (Lipinski definition) is 0. The topological polar surface area (TPSA) is 18.5 Å². The smallest absolute Gasteiger partial charge is 0.0919 e. The summed E-state index contributed by atoms with van der Waals surface area (Å²) in [6.45, 7) is 7.25. The maximum Gasteiger partial charge on any atom is 0.0919 e. The van der Waals surface area contributed by atoms with Gasteiger partial charge in [0.25, 0.3) is 0 Å². The highest BCUT2D eigenvalue weighted by atomic mass is 16.5. The fraction of sp³-hybridized carbons (Fsp3) is 0.692. The van der Waals surface area contributed by atoms with Crippen LogP contribution in [0.3, 0.4) is 0 Å². The highest BCUT2D eigenvalue weighted by Gasteiger charge is 2.06. The first-order valence-electron chi connectivity index (χ1n) is 5.87. The van der Waals surface area contributed by atoms with Crippen LogP contribution in [0.2, 0.25) is 0 Å². The van der Waals surface area contributed by atoms with E-state index in [1.165, 1.54) is 31.3 Å². The molecule has 86 valence electrons. The molecule has 0 aromatic rings. The van der Waals surface area contributed by atoms with Crippen molar-refractivity contribution in [2.45, 2.75) is 39.0 Å². The second kappa shape index (κ2) is 7.38. The molecule has 0 radical (unpaired) electrons. The molecule has 1 aliphatic rings. The molecule has 1 rings (SSSR count). The third-order valence-corrected chi connectivity index (χ3v) is 2.65. The summed E-state index contributed by atoms with van der Waals surface area (Å²) in [5.74, 6) is 1.73. The zero-order chi connectivity index (χ0) is 10.9.